The first-order chi connectivity index (χ1) is 7.06. The van der Waals surface area contributed by atoms with Crippen LogP contribution in [0.25, 0.3) is 6.08 Å². The quantitative estimate of drug-likeness (QED) is 0.692. The maximum atomic E-state index is 5.96. The largest absolute Gasteiger partial charge is 0.408 e. The topological polar surface area (TPSA) is 9.23 Å². The molecule has 15 heavy (non-hydrogen) atoms. The Balaban J connectivity index is 2.06. The molecule has 1 aliphatic carbocycles. The van der Waals surface area contributed by atoms with Gasteiger partial charge in [0.2, 0.25) is 0 Å². The smallest absolute Gasteiger partial charge is 0.168 e. The van der Waals surface area contributed by atoms with E-state index >= 15 is 0 Å². The zero-order valence-corrected chi connectivity index (χ0v) is 11.0. The van der Waals surface area contributed by atoms with Crippen molar-refractivity contribution in [3.05, 3.63) is 47.6 Å². The zero-order chi connectivity index (χ0) is 10.9. The molecule has 2 rings (SSSR count). The van der Waals surface area contributed by atoms with E-state index in [9.17, 15) is 0 Å². The average molecular weight is 217 g/mol. The second kappa shape index (κ2) is 3.95. The molecule has 1 aromatic rings. The van der Waals surface area contributed by atoms with Crippen LogP contribution in [0.3, 0.4) is 0 Å². The summed E-state index contributed by atoms with van der Waals surface area (Å²) in [6.07, 6.45) is 5.28. The Kier molecular flexibility index (Phi) is 2.80. The average Bonchev–Trinajstić information content (AvgIpc) is 2.57. The van der Waals surface area contributed by atoms with Crippen LogP contribution in [0, 0.1) is 6.10 Å². The number of benzene rings is 1. The standard InChI is InChI=1S/C13H17OSi/c1-13(2,3)15-14-12-9-8-10-6-4-5-7-11(10)12/h4-9H,15H2,1-3H3. The molecule has 79 valence electrons. The van der Waals surface area contributed by atoms with E-state index in [0.29, 0.717) is 5.04 Å². The third kappa shape index (κ3) is 2.58. The summed E-state index contributed by atoms with van der Waals surface area (Å²) >= 11 is 0. The molecule has 0 bridgehead atoms. The summed E-state index contributed by atoms with van der Waals surface area (Å²) in [7, 11) is -0.508. The van der Waals surface area contributed by atoms with Gasteiger partial charge in [-0.25, -0.2) is 0 Å². The lowest BCUT2D eigenvalue weighted by Crippen LogP contribution is -2.15. The van der Waals surface area contributed by atoms with Crippen molar-refractivity contribution in [3.8, 4) is 0 Å². The molecule has 1 radical (unpaired) electrons. The molecule has 0 saturated heterocycles. The van der Waals surface area contributed by atoms with Gasteiger partial charge in [0.1, 0.15) is 6.10 Å². The monoisotopic (exact) mass is 217 g/mol. The maximum absolute atomic E-state index is 5.96. The highest BCUT2D eigenvalue weighted by Crippen LogP contribution is 2.31. The molecule has 0 aliphatic heterocycles. The minimum Gasteiger partial charge on any atom is -0.408 e. The van der Waals surface area contributed by atoms with Crippen molar-refractivity contribution in [2.24, 2.45) is 0 Å². The van der Waals surface area contributed by atoms with Crippen molar-refractivity contribution < 1.29 is 4.43 Å². The van der Waals surface area contributed by atoms with Gasteiger partial charge in [0.05, 0.1) is 0 Å². The summed E-state index contributed by atoms with van der Waals surface area (Å²) < 4.78 is 5.96. The Morgan fingerprint density at radius 1 is 1.07 bits per heavy atom. The summed E-state index contributed by atoms with van der Waals surface area (Å²) in [5.41, 5.74) is 2.52. The molecule has 1 nitrogen and oxygen atoms in total. The third-order valence-corrected chi connectivity index (χ3v) is 3.62. The van der Waals surface area contributed by atoms with Crippen molar-refractivity contribution in [2.75, 3.05) is 0 Å². The van der Waals surface area contributed by atoms with Crippen molar-refractivity contribution in [3.63, 3.8) is 0 Å². The summed E-state index contributed by atoms with van der Waals surface area (Å²) in [4.78, 5) is 0. The molecule has 1 aromatic carbocycles. The Morgan fingerprint density at radius 3 is 2.53 bits per heavy atom. The van der Waals surface area contributed by atoms with Crippen LogP contribution in [0.15, 0.2) is 30.3 Å². The van der Waals surface area contributed by atoms with Gasteiger partial charge in [0, 0.05) is 0 Å². The van der Waals surface area contributed by atoms with Crippen LogP contribution in [0.4, 0.5) is 0 Å². The third-order valence-electron chi connectivity index (χ3n) is 2.30. The van der Waals surface area contributed by atoms with Crippen molar-refractivity contribution in [2.45, 2.75) is 25.8 Å². The van der Waals surface area contributed by atoms with Crippen LogP contribution in [-0.2, 0) is 4.43 Å². The minimum atomic E-state index is -0.508. The molecule has 1 aliphatic rings. The van der Waals surface area contributed by atoms with Gasteiger partial charge in [0.15, 0.2) is 9.76 Å². The molecule has 0 heterocycles. The lowest BCUT2D eigenvalue weighted by molar-refractivity contribution is 0.386. The van der Waals surface area contributed by atoms with E-state index in [4.69, 9.17) is 4.43 Å². The van der Waals surface area contributed by atoms with E-state index in [2.05, 4.69) is 57.2 Å². The van der Waals surface area contributed by atoms with Crippen LogP contribution in [0.5, 0.6) is 0 Å². The van der Waals surface area contributed by atoms with Crippen molar-refractivity contribution in [1.29, 1.82) is 0 Å². The zero-order valence-electron chi connectivity index (χ0n) is 9.58. The molecule has 0 spiro atoms. The predicted octanol–water partition coefficient (Wildman–Crippen LogP) is 2.91. The molecule has 0 amide bonds. The Labute approximate surface area is 94.1 Å². The second-order valence-electron chi connectivity index (χ2n) is 5.13. The number of hydrogen-bond donors (Lipinski definition) is 0. The molecule has 0 aromatic heterocycles. The van der Waals surface area contributed by atoms with Crippen LogP contribution in [-0.4, -0.2) is 9.76 Å². The molecule has 0 fully saturated rings. The predicted molar refractivity (Wildman–Crippen MR) is 67.2 cm³/mol. The summed E-state index contributed by atoms with van der Waals surface area (Å²) in [6.45, 7) is 6.72. The Bertz CT molecular complexity index is 376. The molecule has 2 heteroatoms. The fraction of sp³-hybridized carbons (Fsp3) is 0.308. The summed E-state index contributed by atoms with van der Waals surface area (Å²) in [5, 5.41) is 0.346. The highest BCUT2D eigenvalue weighted by Gasteiger charge is 2.21. The van der Waals surface area contributed by atoms with Gasteiger partial charge in [0.25, 0.3) is 0 Å². The van der Waals surface area contributed by atoms with Gasteiger partial charge in [-0.05, 0) is 22.2 Å². The molecule has 0 N–H and O–H groups in total. The molecular formula is C13H17OSi. The molecule has 0 atom stereocenters. The lowest BCUT2D eigenvalue weighted by atomic mass is 10.1. The van der Waals surface area contributed by atoms with E-state index in [1.54, 1.807) is 0 Å². The van der Waals surface area contributed by atoms with Crippen LogP contribution in [0.2, 0.25) is 5.04 Å². The Hall–Kier alpha value is -0.863. The van der Waals surface area contributed by atoms with E-state index in [0.717, 1.165) is 6.10 Å². The van der Waals surface area contributed by atoms with E-state index in [1.807, 2.05) is 0 Å². The highest BCUT2D eigenvalue weighted by molar-refractivity contribution is 6.32. The van der Waals surface area contributed by atoms with Crippen molar-refractivity contribution >= 4 is 15.8 Å². The van der Waals surface area contributed by atoms with E-state index in [-0.39, 0.29) is 0 Å². The highest BCUT2D eigenvalue weighted by atomic mass is 28.2. The molecular weight excluding hydrogens is 200 g/mol. The summed E-state index contributed by atoms with van der Waals surface area (Å²) in [6, 6.07) is 8.38. The second-order valence-corrected chi connectivity index (χ2v) is 7.83. The lowest BCUT2D eigenvalue weighted by Gasteiger charge is -2.20. The normalized spacial score (nSPS) is 16.5. The number of hydrogen-bond acceptors (Lipinski definition) is 1. The SMILES string of the molecule is CC(C)(C)[SiH2]O[C]1C=Cc2ccccc21. The first kappa shape index (κ1) is 10.6. The first-order valence-electron chi connectivity index (χ1n) is 5.33. The van der Waals surface area contributed by atoms with Gasteiger partial charge in [-0.15, -0.1) is 0 Å². The van der Waals surface area contributed by atoms with Gasteiger partial charge >= 0.3 is 0 Å². The molecule has 0 unspecified atom stereocenters. The van der Waals surface area contributed by atoms with Crippen LogP contribution < -0.4 is 0 Å². The number of rotatable bonds is 2. The van der Waals surface area contributed by atoms with Gasteiger partial charge < -0.3 is 4.43 Å². The van der Waals surface area contributed by atoms with Gasteiger partial charge in [-0.3, -0.25) is 0 Å². The Morgan fingerprint density at radius 2 is 1.80 bits per heavy atom. The fourth-order valence-corrected chi connectivity index (χ4v) is 2.38. The minimum absolute atomic E-state index is 0.346. The van der Waals surface area contributed by atoms with Gasteiger partial charge in [-0.1, -0.05) is 51.1 Å². The first-order valence-corrected chi connectivity index (χ1v) is 6.62. The van der Waals surface area contributed by atoms with Crippen LogP contribution >= 0.6 is 0 Å². The van der Waals surface area contributed by atoms with E-state index < -0.39 is 9.76 Å². The number of fused-ring (bicyclic) bond motifs is 1. The molecule has 0 saturated carbocycles. The fourth-order valence-electron chi connectivity index (χ4n) is 1.54. The maximum Gasteiger partial charge on any atom is 0.168 e. The van der Waals surface area contributed by atoms with E-state index in [1.165, 1.54) is 11.1 Å². The van der Waals surface area contributed by atoms with Crippen molar-refractivity contribution in [1.82, 2.24) is 0 Å². The van der Waals surface area contributed by atoms with Gasteiger partial charge in [-0.2, -0.15) is 0 Å². The summed E-state index contributed by atoms with van der Waals surface area (Å²) in [5.74, 6) is 0. The van der Waals surface area contributed by atoms with Crippen LogP contribution in [0.1, 0.15) is 31.9 Å².